The first-order valence-electron chi connectivity index (χ1n) is 4.65. The van der Waals surface area contributed by atoms with Crippen molar-refractivity contribution in [3.63, 3.8) is 0 Å². The van der Waals surface area contributed by atoms with Crippen molar-refractivity contribution < 1.29 is 0 Å². The van der Waals surface area contributed by atoms with Crippen LogP contribution in [0.3, 0.4) is 0 Å². The lowest BCUT2D eigenvalue weighted by atomic mass is 10.2. The quantitative estimate of drug-likeness (QED) is 0.777. The van der Waals surface area contributed by atoms with E-state index in [2.05, 4.69) is 0 Å². The number of aryl methyl sites for hydroxylation is 1. The summed E-state index contributed by atoms with van der Waals surface area (Å²) in [5.74, 6) is 0. The first-order chi connectivity index (χ1) is 7.56. The van der Waals surface area contributed by atoms with Gasteiger partial charge in [0, 0.05) is 12.1 Å². The van der Waals surface area contributed by atoms with E-state index in [0.29, 0.717) is 15.9 Å². The van der Waals surface area contributed by atoms with Gasteiger partial charge in [0.25, 0.3) is 5.56 Å². The Balaban J connectivity index is 3.09. The Bertz CT molecular complexity index is 672. The first-order valence-corrected chi connectivity index (χ1v) is 5.03. The number of aromatic nitrogens is 2. The molecule has 0 amide bonds. The monoisotopic (exact) mass is 239 g/mol. The number of nitrogens with two attached hydrogens (primary N) is 1. The van der Waals surface area contributed by atoms with E-state index in [9.17, 15) is 9.59 Å². The Hall–Kier alpha value is -1.59. The van der Waals surface area contributed by atoms with E-state index in [1.807, 2.05) is 0 Å². The molecular weight excluding hydrogens is 230 g/mol. The highest BCUT2D eigenvalue weighted by molar-refractivity contribution is 6.31. The maximum atomic E-state index is 11.9. The molecule has 2 aromatic rings. The Labute approximate surface area is 95.7 Å². The molecule has 6 heteroatoms. The molecule has 1 heterocycles. The topological polar surface area (TPSA) is 70.0 Å². The highest BCUT2D eigenvalue weighted by atomic mass is 35.5. The maximum Gasteiger partial charge on any atom is 0.332 e. The van der Waals surface area contributed by atoms with Crippen LogP contribution in [-0.4, -0.2) is 9.13 Å². The lowest BCUT2D eigenvalue weighted by Crippen LogP contribution is -2.41. The number of hydrogen-bond donors (Lipinski definition) is 1. The summed E-state index contributed by atoms with van der Waals surface area (Å²) < 4.78 is 2.35. The van der Waals surface area contributed by atoms with Crippen LogP contribution in [0.1, 0.15) is 0 Å². The van der Waals surface area contributed by atoms with Gasteiger partial charge in [0.15, 0.2) is 0 Å². The number of benzene rings is 1. The zero-order valence-corrected chi connectivity index (χ0v) is 9.36. The summed E-state index contributed by atoms with van der Waals surface area (Å²) in [6.07, 6.45) is 0. The summed E-state index contributed by atoms with van der Waals surface area (Å²) >= 11 is 5.81. The van der Waals surface area contributed by atoms with Gasteiger partial charge in [-0.15, -0.1) is 0 Å². The maximum absolute atomic E-state index is 11.9. The van der Waals surface area contributed by atoms with Crippen LogP contribution in [0.25, 0.3) is 10.9 Å². The molecule has 16 heavy (non-hydrogen) atoms. The van der Waals surface area contributed by atoms with Gasteiger partial charge >= 0.3 is 5.69 Å². The molecule has 0 aliphatic heterocycles. The molecule has 0 aliphatic rings. The normalized spacial score (nSPS) is 10.9. The summed E-state index contributed by atoms with van der Waals surface area (Å²) in [5, 5.41) is 0.840. The third-order valence-corrected chi connectivity index (χ3v) is 2.73. The van der Waals surface area contributed by atoms with Crippen molar-refractivity contribution in [1.29, 1.82) is 0 Å². The van der Waals surface area contributed by atoms with E-state index >= 15 is 0 Å². The fraction of sp³-hybridized carbons (Fsp3) is 0.200. The molecule has 5 nitrogen and oxygen atoms in total. The number of rotatable bonds is 1. The molecule has 1 aromatic heterocycles. The largest absolute Gasteiger partial charge is 0.332 e. The zero-order valence-electron chi connectivity index (χ0n) is 8.61. The SMILES string of the molecule is Cn1c(=O)n(CN)c(=O)c2cc(Cl)ccc21. The minimum atomic E-state index is -0.428. The van der Waals surface area contributed by atoms with Gasteiger partial charge in [-0.05, 0) is 18.2 Å². The minimum Gasteiger partial charge on any atom is -0.313 e. The smallest absolute Gasteiger partial charge is 0.313 e. The van der Waals surface area contributed by atoms with Crippen LogP contribution >= 0.6 is 11.6 Å². The van der Waals surface area contributed by atoms with E-state index in [1.54, 1.807) is 19.2 Å². The average Bonchev–Trinajstić information content (AvgIpc) is 2.27. The molecule has 0 radical (unpaired) electrons. The Morgan fingerprint density at radius 2 is 2.06 bits per heavy atom. The van der Waals surface area contributed by atoms with Crippen LogP contribution in [-0.2, 0) is 13.7 Å². The van der Waals surface area contributed by atoms with Crippen molar-refractivity contribution in [2.75, 3.05) is 0 Å². The molecule has 0 saturated carbocycles. The van der Waals surface area contributed by atoms with Crippen LogP contribution in [0.4, 0.5) is 0 Å². The highest BCUT2D eigenvalue weighted by Crippen LogP contribution is 2.14. The highest BCUT2D eigenvalue weighted by Gasteiger charge is 2.09. The van der Waals surface area contributed by atoms with Crippen molar-refractivity contribution >= 4 is 22.5 Å². The van der Waals surface area contributed by atoms with Gasteiger partial charge < -0.3 is 5.73 Å². The standard InChI is InChI=1S/C10H10ClN3O2/c1-13-8-3-2-6(11)4-7(8)9(15)14(5-12)10(13)16/h2-4H,5,12H2,1H3. The molecule has 0 unspecified atom stereocenters. The van der Waals surface area contributed by atoms with Crippen molar-refractivity contribution in [3.05, 3.63) is 44.1 Å². The number of hydrogen-bond acceptors (Lipinski definition) is 3. The van der Waals surface area contributed by atoms with Gasteiger partial charge in [-0.1, -0.05) is 11.6 Å². The molecule has 0 atom stereocenters. The fourth-order valence-corrected chi connectivity index (χ4v) is 1.82. The van der Waals surface area contributed by atoms with Crippen LogP contribution in [0.2, 0.25) is 5.02 Å². The molecule has 84 valence electrons. The lowest BCUT2D eigenvalue weighted by Gasteiger charge is -2.08. The second-order valence-corrected chi connectivity index (χ2v) is 3.86. The number of fused-ring (bicyclic) bond motifs is 1. The second kappa shape index (κ2) is 3.77. The van der Waals surface area contributed by atoms with Gasteiger partial charge in [0.05, 0.1) is 17.6 Å². The third-order valence-electron chi connectivity index (χ3n) is 2.50. The molecule has 0 saturated heterocycles. The zero-order chi connectivity index (χ0) is 11.9. The molecule has 2 N–H and O–H groups in total. The number of halogens is 1. The summed E-state index contributed by atoms with van der Waals surface area (Å²) in [6.45, 7) is -0.145. The van der Waals surface area contributed by atoms with Gasteiger partial charge in [-0.3, -0.25) is 9.36 Å². The summed E-state index contributed by atoms with van der Waals surface area (Å²) in [5.41, 5.74) is 5.07. The van der Waals surface area contributed by atoms with Crippen LogP contribution in [0, 0.1) is 0 Å². The second-order valence-electron chi connectivity index (χ2n) is 3.42. The average molecular weight is 240 g/mol. The van der Waals surface area contributed by atoms with E-state index in [0.717, 1.165) is 4.57 Å². The Kier molecular flexibility index (Phi) is 2.57. The van der Waals surface area contributed by atoms with Crippen LogP contribution in [0.15, 0.2) is 27.8 Å². The molecule has 0 aliphatic carbocycles. The van der Waals surface area contributed by atoms with Crippen molar-refractivity contribution in [2.24, 2.45) is 12.8 Å². The van der Waals surface area contributed by atoms with Crippen LogP contribution < -0.4 is 17.0 Å². The van der Waals surface area contributed by atoms with Crippen LogP contribution in [0.5, 0.6) is 0 Å². The molecule has 1 aromatic carbocycles. The summed E-state index contributed by atoms with van der Waals surface area (Å²) in [6, 6.07) is 4.81. The minimum absolute atomic E-state index is 0.145. The predicted octanol–water partition coefficient (Wildman–Crippen LogP) is 0.270. The van der Waals surface area contributed by atoms with Crippen molar-refractivity contribution in [1.82, 2.24) is 9.13 Å². The summed E-state index contributed by atoms with van der Waals surface area (Å²) in [4.78, 5) is 23.6. The van der Waals surface area contributed by atoms with E-state index < -0.39 is 11.2 Å². The van der Waals surface area contributed by atoms with Crippen molar-refractivity contribution in [2.45, 2.75) is 6.67 Å². The molecule has 0 bridgehead atoms. The van der Waals surface area contributed by atoms with E-state index in [-0.39, 0.29) is 6.67 Å². The first kappa shape index (κ1) is 10.9. The van der Waals surface area contributed by atoms with E-state index in [1.165, 1.54) is 10.6 Å². The number of nitrogens with zero attached hydrogens (tertiary/aromatic N) is 2. The predicted molar refractivity (Wildman–Crippen MR) is 62.6 cm³/mol. The molecule has 2 rings (SSSR count). The molecular formula is C10H10ClN3O2. The van der Waals surface area contributed by atoms with Gasteiger partial charge in [-0.25, -0.2) is 9.36 Å². The van der Waals surface area contributed by atoms with Gasteiger partial charge in [-0.2, -0.15) is 0 Å². The fourth-order valence-electron chi connectivity index (χ4n) is 1.65. The Morgan fingerprint density at radius 1 is 1.38 bits per heavy atom. The molecule has 0 spiro atoms. The van der Waals surface area contributed by atoms with E-state index in [4.69, 9.17) is 17.3 Å². The van der Waals surface area contributed by atoms with Gasteiger partial charge in [0.2, 0.25) is 0 Å². The lowest BCUT2D eigenvalue weighted by molar-refractivity contribution is 0.623. The molecule has 0 fully saturated rings. The van der Waals surface area contributed by atoms with Crippen molar-refractivity contribution in [3.8, 4) is 0 Å². The Morgan fingerprint density at radius 3 is 2.69 bits per heavy atom. The van der Waals surface area contributed by atoms with Gasteiger partial charge in [0.1, 0.15) is 0 Å². The summed E-state index contributed by atoms with van der Waals surface area (Å²) in [7, 11) is 1.59. The third kappa shape index (κ3) is 1.45.